The number of aromatic hydroxyl groups is 2. The highest BCUT2D eigenvalue weighted by molar-refractivity contribution is 8.01. The van der Waals surface area contributed by atoms with E-state index >= 15 is 0 Å². The number of anilines is 1. The van der Waals surface area contributed by atoms with Crippen LogP contribution in [0, 0.1) is 6.92 Å². The highest BCUT2D eigenvalue weighted by atomic mass is 32.2. The SMILES string of the molecule is Cc1cc(SCC2=C(C(=O)O)N3C(=O)[C@@H](NC(=O)C(=NOCS(=O)(=O)c4ccc(O)c(O)c4)c4csc(N)n4)[C@H]3SC2)n2nc(C(=O)O)nc2n1. The fourth-order valence-electron chi connectivity index (χ4n) is 4.84. The summed E-state index contributed by atoms with van der Waals surface area (Å²) < 4.78 is 26.6. The van der Waals surface area contributed by atoms with Crippen LogP contribution in [0.15, 0.2) is 56.0 Å². The first kappa shape index (κ1) is 35.4. The number of nitrogens with two attached hydrogens (primary N) is 1. The number of thioether (sulfide) groups is 2. The van der Waals surface area contributed by atoms with Gasteiger partial charge in [-0.25, -0.2) is 28.0 Å². The molecule has 7 N–H and O–H groups in total. The van der Waals surface area contributed by atoms with Crippen molar-refractivity contribution in [1.82, 2.24) is 34.8 Å². The zero-order valence-corrected chi connectivity index (χ0v) is 28.9. The number of aryl methyl sites for hydroxylation is 1. The maximum atomic E-state index is 13.4. The molecule has 51 heavy (non-hydrogen) atoms. The number of aromatic nitrogens is 5. The smallest absolute Gasteiger partial charge is 0.375 e. The Balaban J connectivity index is 1.18. The Morgan fingerprint density at radius 1 is 1.14 bits per heavy atom. The number of amides is 2. The molecule has 6 rings (SSSR count). The number of rotatable bonds is 12. The van der Waals surface area contributed by atoms with E-state index in [4.69, 9.17) is 10.6 Å². The van der Waals surface area contributed by atoms with Gasteiger partial charge >= 0.3 is 11.9 Å². The standard InChI is InChI=1S/C27H23N9O11S4/c1-10-4-16(36-27(29-10)32-20(33-36)25(43)44)48-6-11-7-49-23-18(22(40)35(23)19(11)24(41)42)31-21(39)17(13-8-50-26(28)30-13)34-47-9-51(45,46)12-2-3-14(37)15(38)5-12/h2-5,8,18,23,37-38H,6-7,9H2,1H3,(H2,28,30)(H,31,39)(H,41,42)(H,43,44)/t18-,23-/m1/s1. The minimum Gasteiger partial charge on any atom is -0.504 e. The lowest BCUT2D eigenvalue weighted by atomic mass is 10.0. The summed E-state index contributed by atoms with van der Waals surface area (Å²) in [5.41, 5.74) is 5.71. The average molecular weight is 778 g/mol. The van der Waals surface area contributed by atoms with Crippen molar-refractivity contribution >= 4 is 85.1 Å². The maximum Gasteiger partial charge on any atom is 0.375 e. The van der Waals surface area contributed by atoms with E-state index in [9.17, 15) is 48.0 Å². The highest BCUT2D eigenvalue weighted by Crippen LogP contribution is 2.41. The number of fused-ring (bicyclic) bond motifs is 2. The monoisotopic (exact) mass is 777 g/mol. The van der Waals surface area contributed by atoms with Gasteiger partial charge in [-0.1, -0.05) is 5.16 Å². The number of phenols is 2. The number of oxime groups is 1. The van der Waals surface area contributed by atoms with Gasteiger partial charge in [0.2, 0.25) is 15.8 Å². The fraction of sp³-hybridized carbons (Fsp3) is 0.222. The van der Waals surface area contributed by atoms with Crippen LogP contribution in [0.1, 0.15) is 22.0 Å². The topological polar surface area (TPSA) is 302 Å². The van der Waals surface area contributed by atoms with E-state index in [0.29, 0.717) is 16.3 Å². The molecule has 1 saturated heterocycles. The van der Waals surface area contributed by atoms with Gasteiger partial charge in [0.15, 0.2) is 22.3 Å². The summed E-state index contributed by atoms with van der Waals surface area (Å²) in [5, 5.41) is 49.6. The van der Waals surface area contributed by atoms with Crippen LogP contribution in [0.2, 0.25) is 0 Å². The molecule has 0 saturated carbocycles. The number of carbonyl (C=O) groups is 4. The molecule has 2 atom stereocenters. The average Bonchev–Trinajstić information content (AvgIpc) is 3.71. The number of nitrogens with one attached hydrogen (secondary N) is 1. The molecule has 2 aliphatic heterocycles. The van der Waals surface area contributed by atoms with Crippen molar-refractivity contribution in [2.75, 3.05) is 23.2 Å². The van der Waals surface area contributed by atoms with Gasteiger partial charge in [0.05, 0.1) is 4.90 Å². The molecular formula is C27H23N9O11S4. The van der Waals surface area contributed by atoms with Crippen LogP contribution in [0.25, 0.3) is 5.78 Å². The molecule has 0 bridgehead atoms. The number of nitrogen functional groups attached to an aromatic ring is 1. The molecule has 0 spiro atoms. The highest BCUT2D eigenvalue weighted by Gasteiger charge is 2.54. The molecule has 24 heteroatoms. The second-order valence-corrected chi connectivity index (χ2v) is 15.5. The number of β-lactam (4-membered cyclic amide) rings is 1. The van der Waals surface area contributed by atoms with Crippen molar-refractivity contribution < 1.29 is 52.9 Å². The molecule has 266 valence electrons. The zero-order valence-electron chi connectivity index (χ0n) is 25.7. The summed E-state index contributed by atoms with van der Waals surface area (Å²) in [5.74, 6) is -6.96. The second kappa shape index (κ2) is 13.7. The van der Waals surface area contributed by atoms with Gasteiger partial charge in [-0.05, 0) is 30.7 Å². The molecule has 1 fully saturated rings. The molecule has 4 aromatic rings. The van der Waals surface area contributed by atoms with Crippen LogP contribution in [-0.4, -0.2) is 117 Å². The van der Waals surface area contributed by atoms with Crippen LogP contribution in [-0.2, 0) is 29.1 Å². The largest absolute Gasteiger partial charge is 0.504 e. The van der Waals surface area contributed by atoms with Crippen molar-refractivity contribution in [3.63, 3.8) is 0 Å². The van der Waals surface area contributed by atoms with Crippen molar-refractivity contribution in [3.8, 4) is 11.5 Å². The maximum absolute atomic E-state index is 13.4. The summed E-state index contributed by atoms with van der Waals surface area (Å²) in [7, 11) is -4.23. The molecule has 5 heterocycles. The molecular weight excluding hydrogens is 755 g/mol. The number of carbonyl (C=O) groups excluding carboxylic acids is 2. The van der Waals surface area contributed by atoms with E-state index in [1.165, 1.54) is 21.7 Å². The minimum atomic E-state index is -4.23. The van der Waals surface area contributed by atoms with Gasteiger partial charge in [0.25, 0.3) is 23.4 Å². The van der Waals surface area contributed by atoms with Crippen LogP contribution >= 0.6 is 34.9 Å². The third-order valence-electron chi connectivity index (χ3n) is 7.18. The molecule has 0 unspecified atom stereocenters. The van der Waals surface area contributed by atoms with Crippen LogP contribution < -0.4 is 11.1 Å². The third kappa shape index (κ3) is 6.97. The number of hydrogen-bond acceptors (Lipinski definition) is 18. The van der Waals surface area contributed by atoms with Crippen LogP contribution in [0.4, 0.5) is 5.13 Å². The van der Waals surface area contributed by atoms with Crippen LogP contribution in [0.3, 0.4) is 0 Å². The summed E-state index contributed by atoms with van der Waals surface area (Å²) in [6, 6.07) is 3.22. The summed E-state index contributed by atoms with van der Waals surface area (Å²) in [6.45, 7) is 1.67. The number of phenolic OH excluding ortho intramolecular Hbond substituents is 2. The number of hydrogen-bond donors (Lipinski definition) is 6. The number of thiazole rings is 1. The Bertz CT molecular complexity index is 2310. The molecule has 0 aliphatic carbocycles. The molecule has 0 radical (unpaired) electrons. The predicted molar refractivity (Wildman–Crippen MR) is 179 cm³/mol. The Morgan fingerprint density at radius 2 is 1.90 bits per heavy atom. The number of nitrogens with zero attached hydrogens (tertiary/aromatic N) is 7. The first-order valence-corrected chi connectivity index (χ1v) is 18.7. The van der Waals surface area contributed by atoms with Gasteiger partial charge in [-0.3, -0.25) is 14.5 Å². The Kier molecular flexibility index (Phi) is 9.49. The summed E-state index contributed by atoms with van der Waals surface area (Å²) >= 11 is 3.28. The van der Waals surface area contributed by atoms with Gasteiger partial charge in [0, 0.05) is 28.6 Å². The van der Waals surface area contributed by atoms with E-state index in [0.717, 1.165) is 46.2 Å². The van der Waals surface area contributed by atoms with Gasteiger partial charge in [-0.2, -0.15) is 9.50 Å². The van der Waals surface area contributed by atoms with Crippen LogP contribution in [0.5, 0.6) is 11.5 Å². The minimum absolute atomic E-state index is 0.0434. The summed E-state index contributed by atoms with van der Waals surface area (Å²) in [4.78, 5) is 68.3. The fourth-order valence-corrected chi connectivity index (χ4v) is 8.81. The van der Waals surface area contributed by atoms with E-state index < -0.39 is 78.9 Å². The van der Waals surface area contributed by atoms with Gasteiger partial charge in [0.1, 0.15) is 27.8 Å². The Labute approximate surface area is 298 Å². The van der Waals surface area contributed by atoms with E-state index in [1.54, 1.807) is 13.0 Å². The lowest BCUT2D eigenvalue weighted by molar-refractivity contribution is -0.150. The second-order valence-electron chi connectivity index (χ2n) is 10.6. The molecule has 2 aliphatic rings. The first-order valence-electron chi connectivity index (χ1n) is 14.1. The summed E-state index contributed by atoms with van der Waals surface area (Å²) in [6.07, 6.45) is 0. The van der Waals surface area contributed by atoms with Crippen molar-refractivity contribution in [3.05, 3.63) is 58.1 Å². The van der Waals surface area contributed by atoms with E-state index in [1.807, 2.05) is 0 Å². The van der Waals surface area contributed by atoms with Crippen molar-refractivity contribution in [1.29, 1.82) is 0 Å². The number of carboxylic acids is 2. The number of aromatic carboxylic acids is 1. The van der Waals surface area contributed by atoms with Crippen molar-refractivity contribution in [2.45, 2.75) is 28.3 Å². The number of benzene rings is 1. The van der Waals surface area contributed by atoms with Crippen molar-refractivity contribution in [2.24, 2.45) is 5.16 Å². The molecule has 20 nitrogen and oxygen atoms in total. The normalized spacial score (nSPS) is 17.6. The van der Waals surface area contributed by atoms with E-state index in [2.05, 4.69) is 30.5 Å². The molecule has 1 aromatic carbocycles. The Morgan fingerprint density at radius 3 is 2.57 bits per heavy atom. The first-order chi connectivity index (χ1) is 24.1. The number of sulfone groups is 1. The lowest BCUT2D eigenvalue weighted by Gasteiger charge is -2.49. The zero-order chi connectivity index (χ0) is 36.8. The van der Waals surface area contributed by atoms with Gasteiger partial charge in [-0.15, -0.1) is 40.0 Å². The predicted octanol–water partition coefficient (Wildman–Crippen LogP) is 0.264. The number of carboxylic acid groups (broad SMARTS) is 2. The molecule has 2 amide bonds. The van der Waals surface area contributed by atoms with Gasteiger partial charge < -0.3 is 36.3 Å². The lowest BCUT2D eigenvalue weighted by Crippen LogP contribution is -2.71. The third-order valence-corrected chi connectivity index (χ3v) is 11.7. The molecule has 3 aromatic heterocycles. The van der Waals surface area contributed by atoms with E-state index in [-0.39, 0.29) is 33.8 Å². The quantitative estimate of drug-likeness (QED) is 0.0281. The number of aliphatic carboxylic acids is 1. The Hall–Kier alpha value is -5.46.